The lowest BCUT2D eigenvalue weighted by atomic mass is 10.8. The van der Waals surface area contributed by atoms with Crippen LogP contribution in [-0.2, 0) is 14.1 Å². The molecule has 0 amide bonds. The molecule has 10 heavy (non-hydrogen) atoms. The highest BCUT2D eigenvalue weighted by Crippen LogP contribution is 1.98. The molecule has 0 saturated carbocycles. The topological polar surface area (TPSA) is 104 Å². The van der Waals surface area contributed by atoms with Crippen molar-refractivity contribution in [2.24, 2.45) is 0 Å². The van der Waals surface area contributed by atoms with Crippen molar-refractivity contribution in [3.63, 3.8) is 0 Å². The first-order chi connectivity index (χ1) is 4.54. The summed E-state index contributed by atoms with van der Waals surface area (Å²) in [5.74, 6) is -0.602. The normalized spacial score (nSPS) is 7.20. The maximum absolute atomic E-state index is 9.71. The number of carbonyl (C=O) groups is 1. The van der Waals surface area contributed by atoms with Crippen LogP contribution in [0.5, 0.6) is 0 Å². The van der Waals surface area contributed by atoms with Crippen molar-refractivity contribution in [2.75, 3.05) is 13.7 Å². The summed E-state index contributed by atoms with van der Waals surface area (Å²) in [7, 11) is -1.65. The fraction of sp³-hybridized carbons (Fsp3) is 0.667. The molecule has 0 aliphatic heterocycles. The molecule has 0 spiro atoms. The van der Waals surface area contributed by atoms with Crippen LogP contribution >= 0.6 is 8.25 Å². The molecule has 0 aromatic heterocycles. The van der Waals surface area contributed by atoms with Gasteiger partial charge in [0, 0.05) is 4.57 Å². The number of ether oxygens (including phenoxy) is 1. The van der Waals surface area contributed by atoms with E-state index >= 15 is 0 Å². The quantitative estimate of drug-likeness (QED) is 0.337. The van der Waals surface area contributed by atoms with E-state index in [0.717, 1.165) is 0 Å². The zero-order valence-electron chi connectivity index (χ0n) is 5.22. The maximum Gasteiger partial charge on any atom is 0.692 e. The van der Waals surface area contributed by atoms with Crippen LogP contribution in [0.1, 0.15) is 0 Å². The molecule has 0 aromatic carbocycles. The standard InChI is InChI=1S/C3H6O3.HO3P/c1-6-3(5)2-4;1-4(2)3/h4H,2H2,1H3;(H-,1,2,3)/p+1. The number of esters is 1. The van der Waals surface area contributed by atoms with Gasteiger partial charge in [-0.25, -0.2) is 4.79 Å². The molecular formula is C3H8O6P+. The SMILES string of the molecule is COC(=O)CO.O=[P+](O)O. The van der Waals surface area contributed by atoms with Crippen molar-refractivity contribution in [3.8, 4) is 0 Å². The minimum absolute atomic E-state index is 0.531. The summed E-state index contributed by atoms with van der Waals surface area (Å²) >= 11 is 0. The highest BCUT2D eigenvalue weighted by molar-refractivity contribution is 7.30. The fourth-order valence-electron chi connectivity index (χ4n) is 0.0645. The Hall–Kier alpha value is -0.550. The predicted molar refractivity (Wildman–Crippen MR) is 31.1 cm³/mol. The maximum atomic E-state index is 9.71. The van der Waals surface area contributed by atoms with Crippen LogP contribution in [0.2, 0.25) is 0 Å². The Labute approximate surface area is 58.0 Å². The van der Waals surface area contributed by atoms with Crippen LogP contribution < -0.4 is 0 Å². The number of rotatable bonds is 1. The van der Waals surface area contributed by atoms with E-state index in [2.05, 4.69) is 4.74 Å². The molecule has 0 aliphatic carbocycles. The highest BCUT2D eigenvalue weighted by Gasteiger charge is 1.93. The molecule has 0 fully saturated rings. The Morgan fingerprint density at radius 2 is 1.90 bits per heavy atom. The molecule has 7 heteroatoms. The average Bonchev–Trinajstić information content (AvgIpc) is 1.85. The molecule has 0 radical (unpaired) electrons. The number of methoxy groups -OCH3 is 1. The molecule has 0 aliphatic rings. The van der Waals surface area contributed by atoms with Gasteiger partial charge in [0.15, 0.2) is 0 Å². The summed E-state index contributed by atoms with van der Waals surface area (Å²) < 4.78 is 12.7. The van der Waals surface area contributed by atoms with Gasteiger partial charge in [-0.05, 0) is 0 Å². The minimum Gasteiger partial charge on any atom is -0.467 e. The summed E-state index contributed by atoms with van der Waals surface area (Å²) in [4.78, 5) is 23.9. The zero-order chi connectivity index (χ0) is 8.57. The van der Waals surface area contributed by atoms with Gasteiger partial charge in [0.2, 0.25) is 0 Å². The summed E-state index contributed by atoms with van der Waals surface area (Å²) in [6.45, 7) is -0.531. The Bertz CT molecular complexity index is 102. The van der Waals surface area contributed by atoms with E-state index in [0.29, 0.717) is 0 Å². The van der Waals surface area contributed by atoms with Crippen LogP contribution in [0.4, 0.5) is 0 Å². The number of aliphatic hydroxyl groups excluding tert-OH is 1. The lowest BCUT2D eigenvalue weighted by Crippen LogP contribution is -2.04. The molecule has 60 valence electrons. The average molecular weight is 171 g/mol. The molecule has 0 rings (SSSR count). The van der Waals surface area contributed by atoms with Crippen LogP contribution in [0, 0.1) is 0 Å². The van der Waals surface area contributed by atoms with E-state index < -0.39 is 20.8 Å². The molecule has 0 aromatic rings. The Morgan fingerprint density at radius 3 is 1.90 bits per heavy atom. The monoisotopic (exact) mass is 171 g/mol. The fourth-order valence-corrected chi connectivity index (χ4v) is 0.0645. The van der Waals surface area contributed by atoms with E-state index in [1.165, 1.54) is 7.11 Å². The molecule has 0 saturated heterocycles. The van der Waals surface area contributed by atoms with E-state index in [1.54, 1.807) is 0 Å². The van der Waals surface area contributed by atoms with Crippen molar-refractivity contribution in [2.45, 2.75) is 0 Å². The summed E-state index contributed by atoms with van der Waals surface area (Å²) in [6, 6.07) is 0. The molecular weight excluding hydrogens is 163 g/mol. The molecule has 0 bridgehead atoms. The summed E-state index contributed by atoms with van der Waals surface area (Å²) in [5, 5.41) is 7.86. The second kappa shape index (κ2) is 8.45. The third-order valence-corrected chi connectivity index (χ3v) is 0.357. The van der Waals surface area contributed by atoms with Gasteiger partial charge in [0.25, 0.3) is 0 Å². The van der Waals surface area contributed by atoms with Crippen LogP contribution in [0.3, 0.4) is 0 Å². The lowest BCUT2D eigenvalue weighted by Gasteiger charge is -1.86. The van der Waals surface area contributed by atoms with Crippen molar-refractivity contribution < 1.29 is 29.0 Å². The zero-order valence-corrected chi connectivity index (χ0v) is 6.12. The summed E-state index contributed by atoms with van der Waals surface area (Å²) in [5.41, 5.74) is 0. The Kier molecular flexibility index (Phi) is 10.3. The van der Waals surface area contributed by atoms with Gasteiger partial charge in [-0.15, -0.1) is 9.79 Å². The van der Waals surface area contributed by atoms with Gasteiger partial charge >= 0.3 is 14.2 Å². The molecule has 3 N–H and O–H groups in total. The van der Waals surface area contributed by atoms with Crippen molar-refractivity contribution in [1.29, 1.82) is 0 Å². The number of aliphatic hydroxyl groups is 1. The molecule has 6 nitrogen and oxygen atoms in total. The second-order valence-electron chi connectivity index (χ2n) is 0.987. The van der Waals surface area contributed by atoms with Crippen LogP contribution in [0.15, 0.2) is 0 Å². The third-order valence-electron chi connectivity index (χ3n) is 0.357. The first-order valence-corrected chi connectivity index (χ1v) is 3.23. The van der Waals surface area contributed by atoms with Crippen LogP contribution in [0.25, 0.3) is 0 Å². The van der Waals surface area contributed by atoms with Gasteiger partial charge in [-0.1, -0.05) is 0 Å². The van der Waals surface area contributed by atoms with Crippen molar-refractivity contribution in [3.05, 3.63) is 0 Å². The number of hydrogen-bond acceptors (Lipinski definition) is 4. The van der Waals surface area contributed by atoms with Crippen molar-refractivity contribution >= 4 is 14.2 Å². The van der Waals surface area contributed by atoms with Crippen LogP contribution in [-0.4, -0.2) is 34.6 Å². The third kappa shape index (κ3) is 26.0. The predicted octanol–water partition coefficient (Wildman–Crippen LogP) is -1.22. The van der Waals surface area contributed by atoms with Gasteiger partial charge in [-0.3, -0.25) is 0 Å². The van der Waals surface area contributed by atoms with E-state index in [4.69, 9.17) is 19.5 Å². The molecule has 0 atom stereocenters. The van der Waals surface area contributed by atoms with E-state index in [-0.39, 0.29) is 0 Å². The Morgan fingerprint density at radius 1 is 1.60 bits per heavy atom. The van der Waals surface area contributed by atoms with E-state index in [9.17, 15) is 4.79 Å². The number of carbonyl (C=O) groups excluding carboxylic acids is 1. The van der Waals surface area contributed by atoms with Gasteiger partial charge < -0.3 is 9.84 Å². The van der Waals surface area contributed by atoms with Crippen molar-refractivity contribution in [1.82, 2.24) is 0 Å². The first kappa shape index (κ1) is 12.2. The minimum atomic E-state index is -2.87. The molecule has 0 unspecified atom stereocenters. The number of hydrogen-bond donors (Lipinski definition) is 3. The van der Waals surface area contributed by atoms with Gasteiger partial charge in [0.05, 0.1) is 7.11 Å². The molecule has 0 heterocycles. The van der Waals surface area contributed by atoms with Gasteiger partial charge in [-0.2, -0.15) is 0 Å². The van der Waals surface area contributed by atoms with Gasteiger partial charge in [0.1, 0.15) is 6.61 Å². The van der Waals surface area contributed by atoms with E-state index in [1.807, 2.05) is 0 Å². The lowest BCUT2D eigenvalue weighted by molar-refractivity contribution is -0.143. The highest BCUT2D eigenvalue weighted by atomic mass is 31.1. The smallest absolute Gasteiger partial charge is 0.467 e. The second-order valence-corrected chi connectivity index (χ2v) is 1.49. The largest absolute Gasteiger partial charge is 0.692 e. The Balaban J connectivity index is 0. The summed E-state index contributed by atoms with van der Waals surface area (Å²) in [6.07, 6.45) is 0. The first-order valence-electron chi connectivity index (χ1n) is 2.07.